The van der Waals surface area contributed by atoms with Gasteiger partial charge in [-0.05, 0) is 12.1 Å². The quantitative estimate of drug-likeness (QED) is 0.480. The van der Waals surface area contributed by atoms with Crippen molar-refractivity contribution in [2.24, 2.45) is 0 Å². The topological polar surface area (TPSA) is 48.4 Å². The molecule has 0 spiro atoms. The van der Waals surface area contributed by atoms with Crippen molar-refractivity contribution in [3.05, 3.63) is 30.1 Å². The van der Waals surface area contributed by atoms with Gasteiger partial charge in [0.1, 0.15) is 6.61 Å². The van der Waals surface area contributed by atoms with E-state index in [1.807, 2.05) is 18.2 Å². The molecular weight excluding hydrogens is 170 g/mol. The second-order valence-corrected chi connectivity index (χ2v) is 2.34. The Morgan fingerprint density at radius 2 is 2.31 bits per heavy atom. The zero-order valence-corrected chi connectivity index (χ0v) is 7.18. The first-order valence-electron chi connectivity index (χ1n) is 3.96. The third kappa shape index (κ3) is 4.22. The van der Waals surface area contributed by atoms with Crippen LogP contribution in [0.1, 0.15) is 5.69 Å². The molecule has 1 heterocycles. The average Bonchev–Trinajstić information content (AvgIpc) is 2.19. The van der Waals surface area contributed by atoms with Crippen molar-refractivity contribution in [2.75, 3.05) is 13.2 Å². The Hall–Kier alpha value is -1.42. The van der Waals surface area contributed by atoms with E-state index in [1.165, 1.54) is 0 Å². The van der Waals surface area contributed by atoms with Crippen molar-refractivity contribution in [1.82, 2.24) is 4.98 Å². The van der Waals surface area contributed by atoms with Crippen LogP contribution < -0.4 is 0 Å². The fourth-order valence-electron chi connectivity index (χ4n) is 0.815. The van der Waals surface area contributed by atoms with Gasteiger partial charge in [-0.25, -0.2) is 0 Å². The summed E-state index contributed by atoms with van der Waals surface area (Å²) in [5, 5.41) is 0. The van der Waals surface area contributed by atoms with E-state index in [2.05, 4.69) is 9.72 Å². The first-order valence-corrected chi connectivity index (χ1v) is 3.96. The van der Waals surface area contributed by atoms with Crippen LogP contribution in [0.15, 0.2) is 24.4 Å². The summed E-state index contributed by atoms with van der Waals surface area (Å²) < 4.78 is 9.62. The largest absolute Gasteiger partial charge is 0.465 e. The first kappa shape index (κ1) is 9.67. The molecule has 0 atom stereocenters. The number of ether oxygens (including phenoxy) is 2. The minimum atomic E-state index is 0.288. The maximum atomic E-state index is 9.75. The van der Waals surface area contributed by atoms with E-state index < -0.39 is 0 Å². The molecule has 0 aliphatic rings. The second-order valence-electron chi connectivity index (χ2n) is 2.34. The third-order valence-corrected chi connectivity index (χ3v) is 1.39. The Balaban J connectivity index is 2.10. The molecule has 0 N–H and O–H groups in total. The molecule has 0 aliphatic carbocycles. The number of pyridine rings is 1. The molecule has 0 saturated heterocycles. The molecule has 4 nitrogen and oxygen atoms in total. The number of carbonyl (C=O) groups is 1. The van der Waals surface area contributed by atoms with Gasteiger partial charge in [-0.3, -0.25) is 9.78 Å². The minimum absolute atomic E-state index is 0.288. The summed E-state index contributed by atoms with van der Waals surface area (Å²) in [5.74, 6) is 0. The molecule has 0 fully saturated rings. The smallest absolute Gasteiger partial charge is 0.293 e. The van der Waals surface area contributed by atoms with E-state index in [4.69, 9.17) is 4.74 Å². The van der Waals surface area contributed by atoms with E-state index in [9.17, 15) is 4.79 Å². The van der Waals surface area contributed by atoms with Crippen LogP contribution in [0.3, 0.4) is 0 Å². The van der Waals surface area contributed by atoms with Gasteiger partial charge in [-0.2, -0.15) is 0 Å². The highest BCUT2D eigenvalue weighted by Gasteiger charge is 1.92. The summed E-state index contributed by atoms with van der Waals surface area (Å²) in [6.45, 7) is 1.54. The van der Waals surface area contributed by atoms with Crippen molar-refractivity contribution >= 4 is 6.47 Å². The van der Waals surface area contributed by atoms with Gasteiger partial charge in [0.25, 0.3) is 6.47 Å². The van der Waals surface area contributed by atoms with Crippen molar-refractivity contribution < 1.29 is 14.3 Å². The number of hydrogen-bond donors (Lipinski definition) is 0. The zero-order chi connectivity index (χ0) is 9.36. The zero-order valence-electron chi connectivity index (χ0n) is 7.18. The minimum Gasteiger partial charge on any atom is -0.465 e. The molecule has 0 bridgehead atoms. The standard InChI is InChI=1S/C9H11NO3/c11-8-13-6-5-12-7-9-3-1-2-4-10-9/h1-4,8H,5-7H2. The predicted molar refractivity (Wildman–Crippen MR) is 45.9 cm³/mol. The van der Waals surface area contributed by atoms with Crippen LogP contribution in [0, 0.1) is 0 Å². The molecule has 0 amide bonds. The van der Waals surface area contributed by atoms with E-state index in [0.29, 0.717) is 19.7 Å². The normalized spacial score (nSPS) is 9.54. The highest BCUT2D eigenvalue weighted by Crippen LogP contribution is 1.95. The Morgan fingerprint density at radius 1 is 1.38 bits per heavy atom. The molecule has 70 valence electrons. The van der Waals surface area contributed by atoms with Crippen LogP contribution in [0.25, 0.3) is 0 Å². The average molecular weight is 181 g/mol. The molecule has 0 aliphatic heterocycles. The monoisotopic (exact) mass is 181 g/mol. The summed E-state index contributed by atoms with van der Waals surface area (Å²) in [7, 11) is 0. The van der Waals surface area contributed by atoms with Gasteiger partial charge in [-0.15, -0.1) is 0 Å². The molecule has 0 radical (unpaired) electrons. The van der Waals surface area contributed by atoms with E-state index in [1.54, 1.807) is 6.20 Å². The fraction of sp³-hybridized carbons (Fsp3) is 0.333. The predicted octanol–water partition coefficient (Wildman–Crippen LogP) is 0.771. The Labute approximate surface area is 76.5 Å². The SMILES string of the molecule is O=COCCOCc1ccccn1. The summed E-state index contributed by atoms with van der Waals surface area (Å²) in [6, 6.07) is 5.62. The third-order valence-electron chi connectivity index (χ3n) is 1.39. The molecule has 4 heteroatoms. The summed E-state index contributed by atoms with van der Waals surface area (Å²) in [6.07, 6.45) is 1.71. The molecule has 1 aromatic rings. The summed E-state index contributed by atoms with van der Waals surface area (Å²) in [5.41, 5.74) is 0.869. The molecule has 0 unspecified atom stereocenters. The van der Waals surface area contributed by atoms with Crippen LogP contribution >= 0.6 is 0 Å². The summed E-state index contributed by atoms with van der Waals surface area (Å²) >= 11 is 0. The highest BCUT2D eigenvalue weighted by molar-refractivity contribution is 5.36. The molecule has 1 aromatic heterocycles. The van der Waals surface area contributed by atoms with Crippen molar-refractivity contribution in [1.29, 1.82) is 0 Å². The van der Waals surface area contributed by atoms with Crippen LogP contribution in [0.5, 0.6) is 0 Å². The number of rotatable bonds is 6. The van der Waals surface area contributed by atoms with Crippen molar-refractivity contribution in [2.45, 2.75) is 6.61 Å². The lowest BCUT2D eigenvalue weighted by Gasteiger charge is -2.01. The van der Waals surface area contributed by atoms with Gasteiger partial charge in [-0.1, -0.05) is 6.07 Å². The van der Waals surface area contributed by atoms with E-state index in [0.717, 1.165) is 5.69 Å². The van der Waals surface area contributed by atoms with Gasteiger partial charge in [0.05, 0.1) is 18.9 Å². The lowest BCUT2D eigenvalue weighted by atomic mass is 10.4. The number of nitrogens with zero attached hydrogens (tertiary/aromatic N) is 1. The number of carbonyl (C=O) groups excluding carboxylic acids is 1. The molecule has 0 aromatic carbocycles. The maximum Gasteiger partial charge on any atom is 0.293 e. The van der Waals surface area contributed by atoms with E-state index in [-0.39, 0.29) is 6.61 Å². The van der Waals surface area contributed by atoms with Crippen molar-refractivity contribution in [3.63, 3.8) is 0 Å². The van der Waals surface area contributed by atoms with Gasteiger partial charge in [0, 0.05) is 6.20 Å². The van der Waals surface area contributed by atoms with E-state index >= 15 is 0 Å². The van der Waals surface area contributed by atoms with Crippen molar-refractivity contribution in [3.8, 4) is 0 Å². The summed E-state index contributed by atoms with van der Waals surface area (Å²) in [4.78, 5) is 13.8. The van der Waals surface area contributed by atoms with Crippen LogP contribution in [-0.2, 0) is 20.9 Å². The Morgan fingerprint density at radius 3 is 3.00 bits per heavy atom. The fourth-order valence-corrected chi connectivity index (χ4v) is 0.815. The van der Waals surface area contributed by atoms with Crippen LogP contribution in [0.2, 0.25) is 0 Å². The molecule has 13 heavy (non-hydrogen) atoms. The Bertz CT molecular complexity index is 238. The van der Waals surface area contributed by atoms with Gasteiger partial charge in [0.2, 0.25) is 0 Å². The second kappa shape index (κ2) is 6.14. The van der Waals surface area contributed by atoms with Gasteiger partial charge in [0.15, 0.2) is 0 Å². The molecule has 0 saturated carbocycles. The molecular formula is C9H11NO3. The lowest BCUT2D eigenvalue weighted by molar-refractivity contribution is -0.130. The maximum absolute atomic E-state index is 9.75. The first-order chi connectivity index (χ1) is 6.43. The molecule has 1 rings (SSSR count). The number of hydrogen-bond acceptors (Lipinski definition) is 4. The van der Waals surface area contributed by atoms with Crippen LogP contribution in [-0.4, -0.2) is 24.7 Å². The van der Waals surface area contributed by atoms with Gasteiger partial charge < -0.3 is 9.47 Å². The van der Waals surface area contributed by atoms with Gasteiger partial charge >= 0.3 is 0 Å². The lowest BCUT2D eigenvalue weighted by Crippen LogP contribution is -2.03. The number of aromatic nitrogens is 1. The Kier molecular flexibility index (Phi) is 4.56. The highest BCUT2D eigenvalue weighted by atomic mass is 16.5. The van der Waals surface area contributed by atoms with Crippen LogP contribution in [0.4, 0.5) is 0 Å².